The Balaban J connectivity index is 1.51. The molecule has 2 saturated heterocycles. The number of carbonyl (C=O) groups is 2. The van der Waals surface area contributed by atoms with E-state index in [1.807, 2.05) is 62.2 Å². The van der Waals surface area contributed by atoms with Crippen LogP contribution in [0.2, 0.25) is 0 Å². The van der Waals surface area contributed by atoms with Crippen LogP contribution in [-0.2, 0) is 16.2 Å². The van der Waals surface area contributed by atoms with Gasteiger partial charge in [-0.15, -0.1) is 0 Å². The fourth-order valence-corrected chi connectivity index (χ4v) is 5.89. The van der Waals surface area contributed by atoms with Crippen molar-refractivity contribution >= 4 is 23.2 Å². The molecule has 46 heavy (non-hydrogen) atoms. The van der Waals surface area contributed by atoms with Gasteiger partial charge in [0, 0.05) is 55.5 Å². The van der Waals surface area contributed by atoms with Crippen LogP contribution in [0.25, 0.3) is 11.1 Å². The molecule has 0 spiro atoms. The normalized spacial score (nSPS) is 22.1. The van der Waals surface area contributed by atoms with Crippen molar-refractivity contribution < 1.29 is 31.9 Å². The monoisotopic (exact) mass is 638 g/mol. The van der Waals surface area contributed by atoms with E-state index in [0.717, 1.165) is 5.56 Å². The van der Waals surface area contributed by atoms with Crippen molar-refractivity contribution in [2.75, 3.05) is 36.9 Å². The van der Waals surface area contributed by atoms with Gasteiger partial charge in [-0.1, -0.05) is 30.3 Å². The summed E-state index contributed by atoms with van der Waals surface area (Å²) in [4.78, 5) is 33.6. The Labute approximate surface area is 264 Å². The molecule has 3 aromatic rings. The van der Waals surface area contributed by atoms with Gasteiger partial charge in [0.25, 0.3) is 0 Å². The molecule has 2 unspecified atom stereocenters. The Morgan fingerprint density at radius 2 is 1.85 bits per heavy atom. The second-order valence-corrected chi connectivity index (χ2v) is 11.8. The average Bonchev–Trinajstić information content (AvgIpc) is 3.03. The molecular formula is C33H34F4N6O3. The van der Waals surface area contributed by atoms with E-state index in [4.69, 9.17) is 4.74 Å². The topological polar surface area (TPSA) is 111 Å². The third-order valence-corrected chi connectivity index (χ3v) is 8.71. The summed E-state index contributed by atoms with van der Waals surface area (Å²) in [6, 6.07) is 15.4. The molecule has 1 aromatic heterocycles. The van der Waals surface area contributed by atoms with Gasteiger partial charge >= 0.3 is 6.18 Å². The van der Waals surface area contributed by atoms with Crippen LogP contribution < -0.4 is 20.3 Å². The van der Waals surface area contributed by atoms with Crippen LogP contribution in [0, 0.1) is 29.0 Å². The van der Waals surface area contributed by atoms with Crippen molar-refractivity contribution in [3.63, 3.8) is 0 Å². The molecule has 2 fully saturated rings. The lowest BCUT2D eigenvalue weighted by atomic mass is 9.84. The number of piperazine rings is 1. The van der Waals surface area contributed by atoms with Gasteiger partial charge in [-0.05, 0) is 44.7 Å². The first-order chi connectivity index (χ1) is 21.8. The minimum Gasteiger partial charge on any atom is -0.472 e. The number of anilines is 2. The number of aromatic nitrogens is 1. The number of rotatable bonds is 7. The van der Waals surface area contributed by atoms with Crippen molar-refractivity contribution in [1.82, 2.24) is 15.2 Å². The van der Waals surface area contributed by atoms with E-state index < -0.39 is 48.6 Å². The highest BCUT2D eigenvalue weighted by molar-refractivity contribution is 5.98. The standard InChI is InChI=1S/C33H34F4N6O3/c1-19-16-43(17-20(2)42(19)3)29-12-27(34)24(10-28(29)41-31(45)25-15-39-30(44)11-26(25)33(35,36)37)23-9-22(13-38)32(40-14-23)46-18-21-7-5-4-6-8-21/h4-10,12,14,19-20,25-26H,11,15-18H2,1-3H3,(H,39,44)(H,41,45)/t19-,20+,25?,26?. The number of amides is 2. The summed E-state index contributed by atoms with van der Waals surface area (Å²) < 4.78 is 63.3. The number of nitriles is 1. The number of ether oxygens (including phenoxy) is 1. The maximum Gasteiger partial charge on any atom is 0.393 e. The van der Waals surface area contributed by atoms with E-state index in [9.17, 15) is 28.0 Å². The van der Waals surface area contributed by atoms with Crippen LogP contribution in [0.15, 0.2) is 54.7 Å². The highest BCUT2D eigenvalue weighted by Crippen LogP contribution is 2.40. The fourth-order valence-electron chi connectivity index (χ4n) is 5.89. The number of carbonyl (C=O) groups excluding carboxylic acids is 2. The number of piperidine rings is 1. The average molecular weight is 639 g/mol. The van der Waals surface area contributed by atoms with Crippen LogP contribution in [0.5, 0.6) is 5.88 Å². The van der Waals surface area contributed by atoms with E-state index in [1.165, 1.54) is 24.4 Å². The quantitative estimate of drug-likeness (QED) is 0.346. The highest BCUT2D eigenvalue weighted by Gasteiger charge is 2.50. The third kappa shape index (κ3) is 7.07. The van der Waals surface area contributed by atoms with Crippen LogP contribution >= 0.6 is 0 Å². The number of likely N-dealkylation sites (N-methyl/N-ethyl adjacent to an activating group) is 1. The Kier molecular flexibility index (Phi) is 9.48. The zero-order valence-corrected chi connectivity index (χ0v) is 25.6. The van der Waals surface area contributed by atoms with Crippen molar-refractivity contribution in [1.29, 1.82) is 5.26 Å². The van der Waals surface area contributed by atoms with E-state index in [-0.39, 0.29) is 46.9 Å². The lowest BCUT2D eigenvalue weighted by Gasteiger charge is -2.44. The molecular weight excluding hydrogens is 604 g/mol. The van der Waals surface area contributed by atoms with Gasteiger partial charge in [-0.2, -0.15) is 18.4 Å². The van der Waals surface area contributed by atoms with Gasteiger partial charge < -0.3 is 20.3 Å². The number of hydrogen-bond acceptors (Lipinski definition) is 7. The maximum atomic E-state index is 15.9. The molecule has 5 rings (SSSR count). The number of halogens is 4. The van der Waals surface area contributed by atoms with Gasteiger partial charge in [0.2, 0.25) is 17.7 Å². The molecule has 242 valence electrons. The fraction of sp³-hybridized carbons (Fsp3) is 0.394. The van der Waals surface area contributed by atoms with Crippen molar-refractivity contribution in [2.24, 2.45) is 11.8 Å². The summed E-state index contributed by atoms with van der Waals surface area (Å²) in [5.41, 5.74) is 1.51. The maximum absolute atomic E-state index is 15.9. The number of nitrogens with one attached hydrogen (secondary N) is 2. The summed E-state index contributed by atoms with van der Waals surface area (Å²) in [6.45, 7) is 4.62. The predicted octanol–water partition coefficient (Wildman–Crippen LogP) is 5.12. The number of alkyl halides is 3. The van der Waals surface area contributed by atoms with E-state index in [2.05, 4.69) is 20.5 Å². The van der Waals surface area contributed by atoms with Crippen LogP contribution in [0.1, 0.15) is 31.4 Å². The second kappa shape index (κ2) is 13.3. The lowest BCUT2D eigenvalue weighted by Crippen LogP contribution is -2.55. The zero-order chi connectivity index (χ0) is 33.2. The van der Waals surface area contributed by atoms with Crippen LogP contribution in [0.3, 0.4) is 0 Å². The SMILES string of the molecule is C[C@@H]1CN(c2cc(F)c(-c3cnc(OCc4ccccc4)c(C#N)c3)cc2NC(=O)C2CNC(=O)CC2C(F)(F)F)C[C@H](C)N1C. The molecule has 2 aliphatic heterocycles. The first-order valence-corrected chi connectivity index (χ1v) is 14.9. The molecule has 0 radical (unpaired) electrons. The molecule has 9 nitrogen and oxygen atoms in total. The minimum atomic E-state index is -4.78. The van der Waals surface area contributed by atoms with Crippen molar-refractivity contribution in [3.8, 4) is 23.1 Å². The largest absolute Gasteiger partial charge is 0.472 e. The van der Waals surface area contributed by atoms with E-state index in [1.54, 1.807) is 0 Å². The van der Waals surface area contributed by atoms with Crippen molar-refractivity contribution in [3.05, 3.63) is 71.7 Å². The second-order valence-electron chi connectivity index (χ2n) is 11.8. The number of hydrogen-bond donors (Lipinski definition) is 2. The number of pyridine rings is 1. The van der Waals surface area contributed by atoms with Crippen LogP contribution in [0.4, 0.5) is 28.9 Å². The summed E-state index contributed by atoms with van der Waals surface area (Å²) in [6.07, 6.45) is -4.30. The molecule has 0 bridgehead atoms. The Hall–Kier alpha value is -4.70. The highest BCUT2D eigenvalue weighted by atomic mass is 19.4. The van der Waals surface area contributed by atoms with E-state index in [0.29, 0.717) is 18.8 Å². The Morgan fingerprint density at radius 1 is 1.15 bits per heavy atom. The third-order valence-electron chi connectivity index (χ3n) is 8.71. The zero-order valence-electron chi connectivity index (χ0n) is 25.6. The molecule has 2 amide bonds. The molecule has 2 aliphatic rings. The number of benzene rings is 2. The molecule has 13 heteroatoms. The number of nitrogens with zero attached hydrogens (tertiary/aromatic N) is 4. The van der Waals surface area contributed by atoms with Gasteiger partial charge in [0.05, 0.1) is 23.2 Å². The summed E-state index contributed by atoms with van der Waals surface area (Å²) in [5.74, 6) is -6.10. The molecule has 3 heterocycles. The predicted molar refractivity (Wildman–Crippen MR) is 163 cm³/mol. The first-order valence-electron chi connectivity index (χ1n) is 14.9. The van der Waals surface area contributed by atoms with Crippen LogP contribution in [-0.4, -0.2) is 66.6 Å². The lowest BCUT2D eigenvalue weighted by molar-refractivity contribution is -0.197. The Morgan fingerprint density at radius 3 is 2.50 bits per heavy atom. The first kappa shape index (κ1) is 32.7. The smallest absolute Gasteiger partial charge is 0.393 e. The minimum absolute atomic E-state index is 0.0165. The Bertz CT molecular complexity index is 1630. The van der Waals surface area contributed by atoms with Gasteiger partial charge in [-0.25, -0.2) is 9.37 Å². The van der Waals surface area contributed by atoms with Gasteiger partial charge in [0.15, 0.2) is 0 Å². The molecule has 4 atom stereocenters. The summed E-state index contributed by atoms with van der Waals surface area (Å²) >= 11 is 0. The molecule has 2 aromatic carbocycles. The molecule has 2 N–H and O–H groups in total. The van der Waals surface area contributed by atoms with Gasteiger partial charge in [0.1, 0.15) is 24.1 Å². The van der Waals surface area contributed by atoms with E-state index >= 15 is 4.39 Å². The molecule has 0 aliphatic carbocycles. The van der Waals surface area contributed by atoms with Crippen molar-refractivity contribution in [2.45, 2.75) is 45.1 Å². The molecule has 0 saturated carbocycles. The summed E-state index contributed by atoms with van der Waals surface area (Å²) in [5, 5.41) is 14.8. The van der Waals surface area contributed by atoms with Gasteiger partial charge in [-0.3, -0.25) is 14.5 Å². The summed E-state index contributed by atoms with van der Waals surface area (Å²) in [7, 11) is 1.97.